The van der Waals surface area contributed by atoms with E-state index in [2.05, 4.69) is 15.2 Å². The molecular weight excluding hydrogens is 459 g/mol. The Balaban J connectivity index is 1.44. The van der Waals surface area contributed by atoms with Crippen LogP contribution in [0.1, 0.15) is 42.6 Å². The second kappa shape index (κ2) is 11.9. The molecule has 0 bridgehead atoms. The van der Waals surface area contributed by atoms with Gasteiger partial charge in [-0.15, -0.1) is 0 Å². The minimum absolute atomic E-state index is 0.116. The molecule has 1 saturated heterocycles. The lowest BCUT2D eigenvalue weighted by atomic mass is 9.99. The number of hydrogen-bond acceptors (Lipinski definition) is 6. The lowest BCUT2D eigenvalue weighted by molar-refractivity contribution is 0.0908. The van der Waals surface area contributed by atoms with E-state index >= 15 is 0 Å². The number of nitrogens with one attached hydrogen (secondary N) is 1. The molecule has 0 unspecified atom stereocenters. The Kier molecular flexibility index (Phi) is 8.38. The number of piperidine rings is 1. The summed E-state index contributed by atoms with van der Waals surface area (Å²) in [5, 5.41) is 3.11. The number of anilines is 1. The maximum Gasteiger partial charge on any atom is 0.253 e. The van der Waals surface area contributed by atoms with Crippen LogP contribution in [0.5, 0.6) is 11.5 Å². The zero-order valence-corrected chi connectivity index (χ0v) is 20.8. The van der Waals surface area contributed by atoms with Crippen LogP contribution < -0.4 is 20.5 Å². The molecule has 3 N–H and O–H groups in total. The lowest BCUT2D eigenvalue weighted by Gasteiger charge is -2.32. The Morgan fingerprint density at radius 1 is 1.06 bits per heavy atom. The molecule has 4 rings (SSSR count). The highest BCUT2D eigenvalue weighted by molar-refractivity contribution is 5.94. The summed E-state index contributed by atoms with van der Waals surface area (Å²) in [6, 6.07) is 13.9. The van der Waals surface area contributed by atoms with Crippen LogP contribution in [0.2, 0.25) is 0 Å². The van der Waals surface area contributed by atoms with Crippen molar-refractivity contribution in [1.82, 2.24) is 15.2 Å². The number of amides is 1. The number of carbonyl (C=O) groups is 1. The van der Waals surface area contributed by atoms with Crippen molar-refractivity contribution >= 4 is 11.7 Å². The van der Waals surface area contributed by atoms with Crippen LogP contribution >= 0.6 is 0 Å². The fourth-order valence-corrected chi connectivity index (χ4v) is 4.48. The first-order chi connectivity index (χ1) is 17.5. The monoisotopic (exact) mass is 492 g/mol. The van der Waals surface area contributed by atoms with Crippen LogP contribution in [-0.2, 0) is 6.54 Å². The molecule has 2 aromatic carbocycles. The normalized spacial score (nSPS) is 14.4. The number of carbonyl (C=O) groups excluding carboxylic acids is 1. The van der Waals surface area contributed by atoms with Gasteiger partial charge in [-0.05, 0) is 74.2 Å². The van der Waals surface area contributed by atoms with Gasteiger partial charge in [0.05, 0.1) is 24.3 Å². The molecule has 0 radical (unpaired) electrons. The van der Waals surface area contributed by atoms with Gasteiger partial charge in [-0.2, -0.15) is 0 Å². The van der Waals surface area contributed by atoms with Gasteiger partial charge >= 0.3 is 0 Å². The van der Waals surface area contributed by atoms with E-state index in [0.29, 0.717) is 24.6 Å². The highest BCUT2D eigenvalue weighted by atomic mass is 19.1. The van der Waals surface area contributed by atoms with Gasteiger partial charge in [0.25, 0.3) is 5.91 Å². The number of likely N-dealkylation sites (tertiary alicyclic amines) is 1. The fraction of sp³-hybridized carbons (Fsp3) is 0.357. The molecule has 7 nitrogen and oxygen atoms in total. The van der Waals surface area contributed by atoms with E-state index in [-0.39, 0.29) is 17.8 Å². The van der Waals surface area contributed by atoms with Crippen LogP contribution in [-0.4, -0.2) is 48.1 Å². The first-order valence-corrected chi connectivity index (χ1v) is 12.4. The summed E-state index contributed by atoms with van der Waals surface area (Å²) < 4.78 is 25.5. The topological polar surface area (TPSA) is 89.7 Å². The lowest BCUT2D eigenvalue weighted by Crippen LogP contribution is -2.44. The molecule has 3 aromatic rings. The Hall–Kier alpha value is -3.65. The van der Waals surface area contributed by atoms with Gasteiger partial charge < -0.3 is 20.5 Å². The molecule has 1 aliphatic heterocycles. The van der Waals surface area contributed by atoms with E-state index in [1.165, 1.54) is 18.3 Å². The Morgan fingerprint density at radius 2 is 1.69 bits per heavy atom. The van der Waals surface area contributed by atoms with E-state index < -0.39 is 0 Å². The number of rotatable bonds is 9. The third-order valence-corrected chi connectivity index (χ3v) is 6.24. The number of nitrogens with zero attached hydrogens (tertiary/aromatic N) is 2. The van der Waals surface area contributed by atoms with Crippen molar-refractivity contribution in [2.45, 2.75) is 39.3 Å². The first kappa shape index (κ1) is 25.4. The van der Waals surface area contributed by atoms with Crippen molar-refractivity contribution in [3.8, 4) is 22.6 Å². The number of benzene rings is 2. The van der Waals surface area contributed by atoms with Crippen LogP contribution in [0.25, 0.3) is 11.1 Å². The summed E-state index contributed by atoms with van der Waals surface area (Å²) in [5.41, 5.74) is 8.89. The standard InChI is InChI=1S/C28H33FN4O3/c1-3-35-24-15-19(16-25(36-4-2)27(24)20-5-8-22(29)9-6-20)18-33-13-11-23(12-14-33)32-28(34)21-7-10-26(30)31-17-21/h5-10,15-17,23H,3-4,11-14,18H2,1-2H3,(H2,30,31)(H,32,34). The Labute approximate surface area is 211 Å². The maximum absolute atomic E-state index is 13.5. The molecule has 0 atom stereocenters. The predicted molar refractivity (Wildman–Crippen MR) is 139 cm³/mol. The van der Waals surface area contributed by atoms with Gasteiger partial charge in [-0.1, -0.05) is 12.1 Å². The molecule has 0 saturated carbocycles. The van der Waals surface area contributed by atoms with Gasteiger partial charge in [0.2, 0.25) is 0 Å². The zero-order valence-electron chi connectivity index (χ0n) is 20.8. The molecule has 1 amide bonds. The van der Waals surface area contributed by atoms with E-state index in [0.717, 1.165) is 60.7 Å². The van der Waals surface area contributed by atoms with E-state index in [1.807, 2.05) is 26.0 Å². The largest absolute Gasteiger partial charge is 0.493 e. The third kappa shape index (κ3) is 6.31. The zero-order chi connectivity index (χ0) is 25.5. The van der Waals surface area contributed by atoms with E-state index in [4.69, 9.17) is 15.2 Å². The Morgan fingerprint density at radius 3 is 2.25 bits per heavy atom. The van der Waals surface area contributed by atoms with Crippen molar-refractivity contribution in [3.63, 3.8) is 0 Å². The number of halogens is 1. The van der Waals surface area contributed by atoms with Crippen LogP contribution in [0.4, 0.5) is 10.2 Å². The molecule has 0 spiro atoms. The molecule has 1 aliphatic rings. The quantitative estimate of drug-likeness (QED) is 0.452. The van der Waals surface area contributed by atoms with Crippen LogP contribution in [0, 0.1) is 5.82 Å². The number of ether oxygens (including phenoxy) is 2. The molecular formula is C28H33FN4O3. The summed E-state index contributed by atoms with van der Waals surface area (Å²) in [4.78, 5) is 18.9. The van der Waals surface area contributed by atoms with E-state index in [1.54, 1.807) is 24.3 Å². The Bertz CT molecular complexity index is 1130. The SMILES string of the molecule is CCOc1cc(CN2CCC(NC(=O)c3ccc(N)nc3)CC2)cc(OCC)c1-c1ccc(F)cc1. The van der Waals surface area contributed by atoms with Crippen molar-refractivity contribution in [2.24, 2.45) is 0 Å². The van der Waals surface area contributed by atoms with Crippen molar-refractivity contribution in [1.29, 1.82) is 0 Å². The summed E-state index contributed by atoms with van der Waals surface area (Å²) in [7, 11) is 0. The second-order valence-corrected chi connectivity index (χ2v) is 8.84. The van der Waals surface area contributed by atoms with Crippen molar-refractivity contribution < 1.29 is 18.7 Å². The number of hydrogen-bond donors (Lipinski definition) is 2. The van der Waals surface area contributed by atoms with Crippen LogP contribution in [0.3, 0.4) is 0 Å². The number of nitrogens with two attached hydrogens (primary N) is 1. The van der Waals surface area contributed by atoms with Gasteiger partial charge in [-0.3, -0.25) is 9.69 Å². The summed E-state index contributed by atoms with van der Waals surface area (Å²) in [5.74, 6) is 1.44. The fourth-order valence-electron chi connectivity index (χ4n) is 4.48. The highest BCUT2D eigenvalue weighted by Crippen LogP contribution is 2.40. The molecule has 8 heteroatoms. The molecule has 190 valence electrons. The van der Waals surface area contributed by atoms with Gasteiger partial charge in [0.15, 0.2) is 0 Å². The predicted octanol–water partition coefficient (Wildman–Crippen LogP) is 4.66. The van der Waals surface area contributed by atoms with Gasteiger partial charge in [-0.25, -0.2) is 9.37 Å². The highest BCUT2D eigenvalue weighted by Gasteiger charge is 2.23. The van der Waals surface area contributed by atoms with Gasteiger partial charge in [0, 0.05) is 31.9 Å². The first-order valence-electron chi connectivity index (χ1n) is 12.4. The summed E-state index contributed by atoms with van der Waals surface area (Å²) in [6.07, 6.45) is 3.22. The minimum Gasteiger partial charge on any atom is -0.493 e. The smallest absolute Gasteiger partial charge is 0.253 e. The maximum atomic E-state index is 13.5. The van der Waals surface area contributed by atoms with Crippen molar-refractivity contribution in [2.75, 3.05) is 32.0 Å². The number of nitrogen functional groups attached to an aromatic ring is 1. The molecule has 1 fully saturated rings. The summed E-state index contributed by atoms with van der Waals surface area (Å²) in [6.45, 7) is 7.38. The summed E-state index contributed by atoms with van der Waals surface area (Å²) >= 11 is 0. The average Bonchev–Trinajstić information content (AvgIpc) is 2.87. The van der Waals surface area contributed by atoms with Crippen LogP contribution in [0.15, 0.2) is 54.7 Å². The average molecular weight is 493 g/mol. The number of aromatic nitrogens is 1. The van der Waals surface area contributed by atoms with Crippen molar-refractivity contribution in [3.05, 3.63) is 71.7 Å². The van der Waals surface area contributed by atoms with Gasteiger partial charge in [0.1, 0.15) is 23.1 Å². The van der Waals surface area contributed by atoms with E-state index in [9.17, 15) is 9.18 Å². The molecule has 0 aliphatic carbocycles. The molecule has 1 aromatic heterocycles. The second-order valence-electron chi connectivity index (χ2n) is 8.84. The molecule has 36 heavy (non-hydrogen) atoms. The molecule has 2 heterocycles. The number of pyridine rings is 1. The third-order valence-electron chi connectivity index (χ3n) is 6.24. The minimum atomic E-state index is -0.281.